The molecule has 8 heteroatoms. The van der Waals surface area contributed by atoms with Crippen LogP contribution in [-0.2, 0) is 30.3 Å². The number of pyridine rings is 1. The zero-order valence-electron chi connectivity index (χ0n) is 26.8. The van der Waals surface area contributed by atoms with Gasteiger partial charge in [0.15, 0.2) is 6.10 Å². The van der Waals surface area contributed by atoms with E-state index in [-0.39, 0.29) is 11.9 Å². The summed E-state index contributed by atoms with van der Waals surface area (Å²) in [4.78, 5) is 44.3. The molecule has 4 rings (SSSR count). The number of rotatable bonds is 11. The van der Waals surface area contributed by atoms with Gasteiger partial charge in [-0.25, -0.2) is 4.79 Å². The normalized spacial score (nSPS) is 18.2. The lowest BCUT2D eigenvalue weighted by atomic mass is 9.84. The minimum Gasteiger partial charge on any atom is -0.432 e. The molecule has 4 atom stereocenters. The number of carbonyl (C=O) groups is 3. The highest BCUT2D eigenvalue weighted by molar-refractivity contribution is 5.92. The number of aromatic nitrogens is 1. The van der Waals surface area contributed by atoms with E-state index in [1.165, 1.54) is 11.1 Å². The second kappa shape index (κ2) is 13.7. The van der Waals surface area contributed by atoms with Crippen molar-refractivity contribution in [2.75, 3.05) is 0 Å². The Morgan fingerprint density at radius 1 is 0.955 bits per heavy atom. The molecule has 1 aliphatic heterocycles. The molecule has 44 heavy (non-hydrogen) atoms. The zero-order chi connectivity index (χ0) is 32.1. The summed E-state index contributed by atoms with van der Waals surface area (Å²) in [6, 6.07) is 19.3. The summed E-state index contributed by atoms with van der Waals surface area (Å²) in [5.74, 6) is -3.25. The van der Waals surface area contributed by atoms with Crippen LogP contribution in [0.15, 0.2) is 73.1 Å². The number of ether oxygens (including phenoxy) is 2. The highest BCUT2D eigenvalue weighted by atomic mass is 16.8. The minimum atomic E-state index is -1.13. The van der Waals surface area contributed by atoms with Crippen molar-refractivity contribution in [3.05, 3.63) is 89.7 Å². The van der Waals surface area contributed by atoms with E-state index in [9.17, 15) is 14.4 Å². The van der Waals surface area contributed by atoms with E-state index < -0.39 is 41.1 Å². The van der Waals surface area contributed by atoms with Crippen LogP contribution >= 0.6 is 0 Å². The van der Waals surface area contributed by atoms with Crippen LogP contribution in [0.5, 0.6) is 0 Å². The molecule has 0 spiro atoms. The Morgan fingerprint density at radius 3 is 2.20 bits per heavy atom. The Bertz CT molecular complexity index is 1450. The van der Waals surface area contributed by atoms with E-state index in [2.05, 4.69) is 58.9 Å². The maximum Gasteiger partial charge on any atom is 0.338 e. The first kappa shape index (κ1) is 32.9. The minimum absolute atomic E-state index is 0.283. The van der Waals surface area contributed by atoms with Gasteiger partial charge in [-0.05, 0) is 78.5 Å². The Kier molecular flexibility index (Phi) is 10.3. The number of hydrogen-bond donors (Lipinski definition) is 2. The van der Waals surface area contributed by atoms with Crippen LogP contribution in [-0.4, -0.2) is 40.7 Å². The monoisotopic (exact) mass is 599 g/mol. The molecule has 8 nitrogen and oxygen atoms in total. The molecule has 2 heterocycles. The molecule has 234 valence electrons. The van der Waals surface area contributed by atoms with Crippen molar-refractivity contribution in [1.29, 1.82) is 0 Å². The Labute approximate surface area is 261 Å². The summed E-state index contributed by atoms with van der Waals surface area (Å²) < 4.78 is 11.4. The van der Waals surface area contributed by atoms with E-state index in [1.807, 2.05) is 52.0 Å². The topological polar surface area (TPSA) is 107 Å². The third-order valence-electron chi connectivity index (χ3n) is 8.06. The standard InChI is InChI=1S/C36H45N3O5/c1-23-11-8-9-13-28(23)27-17-15-25(16-18-27)12-10-14-29(30-34(42)44-36(6,7)43-30)32(40)39-31(35(3,4)5)33(41)38-24(2)26-19-21-37-22-20-26/h8-9,11,13,15-22,24,29-31H,10,12,14H2,1-7H3,(H,38,41)(H,39,40)/t24-,29-,30+,31-/m1/s1. The van der Waals surface area contributed by atoms with Crippen molar-refractivity contribution < 1.29 is 23.9 Å². The number of aryl methyl sites for hydroxylation is 2. The molecule has 0 bridgehead atoms. The highest BCUT2D eigenvalue weighted by Crippen LogP contribution is 2.32. The third-order valence-corrected chi connectivity index (χ3v) is 8.06. The average Bonchev–Trinajstić information content (AvgIpc) is 3.25. The molecule has 0 unspecified atom stereocenters. The van der Waals surface area contributed by atoms with Gasteiger partial charge >= 0.3 is 5.97 Å². The summed E-state index contributed by atoms with van der Waals surface area (Å²) in [5.41, 5.74) is 5.00. The van der Waals surface area contributed by atoms with Gasteiger partial charge in [0.25, 0.3) is 0 Å². The number of nitrogens with one attached hydrogen (secondary N) is 2. The SMILES string of the molecule is Cc1ccccc1-c1ccc(CCC[C@@H](C(=O)N[C@H](C(=O)N[C@H](C)c2ccncc2)C(C)(C)C)[C@@H]2OC(C)(C)OC2=O)cc1. The predicted octanol–water partition coefficient (Wildman–Crippen LogP) is 6.08. The average molecular weight is 600 g/mol. The fourth-order valence-corrected chi connectivity index (χ4v) is 5.58. The van der Waals surface area contributed by atoms with Gasteiger partial charge in [0.05, 0.1) is 12.0 Å². The van der Waals surface area contributed by atoms with Crippen LogP contribution in [0.2, 0.25) is 0 Å². The fourth-order valence-electron chi connectivity index (χ4n) is 5.58. The molecule has 2 aromatic carbocycles. The van der Waals surface area contributed by atoms with Crippen molar-refractivity contribution >= 4 is 17.8 Å². The number of benzene rings is 2. The second-order valence-electron chi connectivity index (χ2n) is 13.2. The number of hydrogen-bond acceptors (Lipinski definition) is 6. The van der Waals surface area contributed by atoms with Crippen LogP contribution < -0.4 is 10.6 Å². The molecule has 1 aliphatic rings. The van der Waals surface area contributed by atoms with E-state index in [1.54, 1.807) is 26.2 Å². The Morgan fingerprint density at radius 2 is 1.61 bits per heavy atom. The fraction of sp³-hybridized carbons (Fsp3) is 0.444. The van der Waals surface area contributed by atoms with Crippen LogP contribution in [0.3, 0.4) is 0 Å². The van der Waals surface area contributed by atoms with Crippen LogP contribution in [0.1, 0.15) is 77.1 Å². The molecular weight excluding hydrogens is 554 g/mol. The number of carbonyl (C=O) groups excluding carboxylic acids is 3. The second-order valence-corrected chi connectivity index (χ2v) is 13.2. The van der Waals surface area contributed by atoms with Crippen molar-refractivity contribution in [1.82, 2.24) is 15.6 Å². The molecule has 0 aliphatic carbocycles. The van der Waals surface area contributed by atoms with Crippen molar-refractivity contribution in [3.63, 3.8) is 0 Å². The van der Waals surface area contributed by atoms with Gasteiger partial charge in [0.1, 0.15) is 6.04 Å². The largest absolute Gasteiger partial charge is 0.432 e. The van der Waals surface area contributed by atoms with Crippen LogP contribution in [0, 0.1) is 18.3 Å². The molecule has 3 aromatic rings. The van der Waals surface area contributed by atoms with Crippen LogP contribution in [0.25, 0.3) is 11.1 Å². The summed E-state index contributed by atoms with van der Waals surface area (Å²) in [6.07, 6.45) is 4.02. The van der Waals surface area contributed by atoms with E-state index in [0.717, 1.165) is 23.1 Å². The molecule has 1 fully saturated rings. The highest BCUT2D eigenvalue weighted by Gasteiger charge is 2.48. The molecular formula is C36H45N3O5. The first-order valence-corrected chi connectivity index (χ1v) is 15.3. The summed E-state index contributed by atoms with van der Waals surface area (Å²) in [6.45, 7) is 13.0. The van der Waals surface area contributed by atoms with Crippen molar-refractivity contribution in [3.8, 4) is 11.1 Å². The first-order valence-electron chi connectivity index (χ1n) is 15.3. The number of esters is 1. The number of nitrogens with zero attached hydrogens (tertiary/aromatic N) is 1. The molecule has 2 amide bonds. The lowest BCUT2D eigenvalue weighted by Crippen LogP contribution is -2.56. The Balaban J connectivity index is 1.47. The lowest BCUT2D eigenvalue weighted by Gasteiger charge is -2.33. The van der Waals surface area contributed by atoms with E-state index >= 15 is 0 Å². The van der Waals surface area contributed by atoms with Crippen molar-refractivity contribution in [2.24, 2.45) is 11.3 Å². The summed E-state index contributed by atoms with van der Waals surface area (Å²) in [7, 11) is 0. The van der Waals surface area contributed by atoms with Gasteiger partial charge < -0.3 is 20.1 Å². The van der Waals surface area contributed by atoms with Gasteiger partial charge in [0, 0.05) is 26.2 Å². The number of amides is 2. The summed E-state index contributed by atoms with van der Waals surface area (Å²) >= 11 is 0. The first-order chi connectivity index (χ1) is 20.7. The molecule has 1 aromatic heterocycles. The molecule has 2 N–H and O–H groups in total. The summed E-state index contributed by atoms with van der Waals surface area (Å²) in [5, 5.41) is 5.99. The smallest absolute Gasteiger partial charge is 0.338 e. The molecule has 0 radical (unpaired) electrons. The van der Waals surface area contributed by atoms with E-state index in [4.69, 9.17) is 9.47 Å². The van der Waals surface area contributed by atoms with Gasteiger partial charge in [-0.15, -0.1) is 0 Å². The van der Waals surface area contributed by atoms with Crippen molar-refractivity contribution in [2.45, 2.75) is 91.7 Å². The lowest BCUT2D eigenvalue weighted by molar-refractivity contribution is -0.162. The van der Waals surface area contributed by atoms with E-state index in [0.29, 0.717) is 12.8 Å². The predicted molar refractivity (Wildman–Crippen MR) is 170 cm³/mol. The third kappa shape index (κ3) is 8.32. The quantitative estimate of drug-likeness (QED) is 0.259. The number of cyclic esters (lactones) is 1. The van der Waals surface area contributed by atoms with Gasteiger partial charge in [-0.2, -0.15) is 0 Å². The maximum atomic E-state index is 13.9. The van der Waals surface area contributed by atoms with Gasteiger partial charge in [-0.1, -0.05) is 69.3 Å². The molecule has 1 saturated heterocycles. The Hall–Kier alpha value is -4.04. The van der Waals surface area contributed by atoms with Gasteiger partial charge in [0.2, 0.25) is 17.6 Å². The van der Waals surface area contributed by atoms with Gasteiger partial charge in [-0.3, -0.25) is 14.6 Å². The molecule has 0 saturated carbocycles. The maximum absolute atomic E-state index is 13.9. The zero-order valence-corrected chi connectivity index (χ0v) is 26.8. The van der Waals surface area contributed by atoms with Crippen LogP contribution in [0.4, 0.5) is 0 Å².